The second-order valence-corrected chi connectivity index (χ2v) is 26.2. The van der Waals surface area contributed by atoms with E-state index >= 15 is 28.8 Å². The van der Waals surface area contributed by atoms with Crippen molar-refractivity contribution in [3.05, 3.63) is 0 Å². The highest BCUT2D eigenvalue weighted by atomic mass is 16.5. The minimum atomic E-state index is -1.30. The number of hydrogen-bond donors (Lipinski definition) is 0. The Bertz CT molecular complexity index is 1880. The predicted octanol–water partition coefficient (Wildman–Crippen LogP) is 19.0. The largest absolute Gasteiger partial charge is 0.349 e. The van der Waals surface area contributed by atoms with Crippen molar-refractivity contribution in [1.29, 1.82) is 0 Å². The van der Waals surface area contributed by atoms with Gasteiger partial charge in [0.25, 0.3) is 17.7 Å². The maximum Gasteiger partial charge on any atom is 0.336 e. The van der Waals surface area contributed by atoms with E-state index in [0.29, 0.717) is 38.5 Å². The van der Waals surface area contributed by atoms with Crippen LogP contribution in [0.3, 0.4) is 0 Å². The Morgan fingerprint density at radius 1 is 0.244 bits per heavy atom. The van der Waals surface area contributed by atoms with E-state index in [4.69, 9.17) is 14.2 Å². The first-order valence-corrected chi connectivity index (χ1v) is 37.7. The quantitative estimate of drug-likeness (QED) is 0.0444. The third-order valence-corrected chi connectivity index (χ3v) is 18.2. The number of imide groups is 3. The fourth-order valence-corrected chi connectivity index (χ4v) is 12.6. The topological polar surface area (TPSA) is 188 Å². The van der Waals surface area contributed by atoms with Crippen LogP contribution in [0.15, 0.2) is 0 Å². The summed E-state index contributed by atoms with van der Waals surface area (Å²) in [6, 6.07) is -2.23. The average Bonchev–Trinajstić information content (AvgIpc) is 1.61. The van der Waals surface area contributed by atoms with Gasteiger partial charge in [-0.3, -0.25) is 29.1 Å². The number of aromatic nitrogens is 3. The van der Waals surface area contributed by atoms with Gasteiger partial charge >= 0.3 is 18.1 Å². The zero-order chi connectivity index (χ0) is 64.8. The molecular weight excluding hydrogens is 1130 g/mol. The summed E-state index contributed by atoms with van der Waals surface area (Å²) in [6.07, 6.45) is 47.0. The lowest BCUT2D eigenvalue weighted by atomic mass is 10.1. The molecule has 90 heavy (non-hydrogen) atoms. The fourth-order valence-electron chi connectivity index (χ4n) is 12.6. The Kier molecular flexibility index (Phi) is 42.8. The molecule has 4 heterocycles. The first-order valence-electron chi connectivity index (χ1n) is 37.7. The van der Waals surface area contributed by atoms with E-state index in [0.717, 1.165) is 169 Å². The van der Waals surface area contributed by atoms with Crippen LogP contribution in [0, 0.1) is 0 Å². The number of carbonyl (C=O) groups is 6. The summed E-state index contributed by atoms with van der Waals surface area (Å²) >= 11 is 0. The summed E-state index contributed by atoms with van der Waals surface area (Å²) in [6.45, 7) is 14.6. The van der Waals surface area contributed by atoms with Crippen molar-refractivity contribution in [2.75, 3.05) is 54.2 Å². The molecule has 18 heteroatoms. The van der Waals surface area contributed by atoms with Gasteiger partial charge in [0.2, 0.25) is 36.5 Å². The number of hydrogen-bond acceptors (Lipinski definition) is 12. The monoisotopic (exact) mass is 1260 g/mol. The van der Waals surface area contributed by atoms with E-state index in [1.165, 1.54) is 130 Å². The Hall–Kier alpha value is -4.29. The molecule has 4 rings (SSSR count). The molecule has 0 spiro atoms. The van der Waals surface area contributed by atoms with E-state index in [9.17, 15) is 0 Å². The number of urea groups is 3. The molecule has 0 N–H and O–H groups in total. The van der Waals surface area contributed by atoms with Crippen LogP contribution >= 0.6 is 0 Å². The second-order valence-electron chi connectivity index (χ2n) is 26.2. The van der Waals surface area contributed by atoms with Crippen LogP contribution in [-0.4, -0.2) is 124 Å². The molecule has 0 bridgehead atoms. The number of rotatable bonds is 60. The molecule has 516 valence electrons. The van der Waals surface area contributed by atoms with Crippen molar-refractivity contribution in [2.45, 2.75) is 368 Å². The molecule has 3 atom stereocenters. The second kappa shape index (κ2) is 49.3. The van der Waals surface area contributed by atoms with E-state index in [-0.39, 0.29) is 39.5 Å². The molecule has 0 aromatic carbocycles. The summed E-state index contributed by atoms with van der Waals surface area (Å²) < 4.78 is 19.1. The zero-order valence-electron chi connectivity index (χ0n) is 58.1. The minimum Gasteiger partial charge on any atom is -0.349 e. The van der Waals surface area contributed by atoms with Gasteiger partial charge in [0.15, 0.2) is 0 Å². The summed E-state index contributed by atoms with van der Waals surface area (Å²) in [4.78, 5) is 111. The van der Waals surface area contributed by atoms with Crippen molar-refractivity contribution in [1.82, 2.24) is 29.7 Å². The van der Waals surface area contributed by atoms with E-state index in [2.05, 4.69) is 56.5 Å². The Morgan fingerprint density at radius 3 is 0.600 bits per heavy atom. The van der Waals surface area contributed by atoms with Gasteiger partial charge in [-0.15, -0.1) is 0 Å². The van der Waals surface area contributed by atoms with Crippen molar-refractivity contribution in [3.63, 3.8) is 0 Å². The number of anilines is 3. The van der Waals surface area contributed by atoms with Crippen molar-refractivity contribution < 1.29 is 43.0 Å². The summed E-state index contributed by atoms with van der Waals surface area (Å²) in [5, 5.41) is 0. The van der Waals surface area contributed by atoms with Crippen LogP contribution in [0.2, 0.25) is 0 Å². The molecular formula is C72H129N9O9. The Balaban J connectivity index is 1.72. The van der Waals surface area contributed by atoms with Gasteiger partial charge in [-0.05, 0) is 38.5 Å². The van der Waals surface area contributed by atoms with Crippen LogP contribution in [0.5, 0.6) is 0 Å². The third-order valence-electron chi connectivity index (χ3n) is 18.2. The van der Waals surface area contributed by atoms with Gasteiger partial charge < -0.3 is 14.2 Å². The molecule has 9 amide bonds. The Labute approximate surface area is 546 Å². The molecule has 3 aliphatic rings. The van der Waals surface area contributed by atoms with E-state index in [1.54, 1.807) is 0 Å². The molecule has 3 saturated heterocycles. The maximum atomic E-state index is 15.0. The van der Waals surface area contributed by atoms with E-state index in [1.807, 2.05) is 0 Å². The highest BCUT2D eigenvalue weighted by Gasteiger charge is 2.53. The molecule has 1 aromatic rings. The standard InChI is InChI=1S/C72H129N9O9/c1-7-13-19-25-31-34-37-40-46-52-58-88-64-61(82)79(70(85)76(64)55-49-43-28-22-16-10-4)67-73-68(80-62(83)65(77(71(80)86)56-50-44-29-23-17-11-5)89-59-53-47-41-38-35-32-26-20-14-8-2)75-69(74-67)81-63(84)66(78(72(81)87)57-51-45-30-24-18-12-6)90-60-54-48-42-39-36-33-27-21-15-9-3/h64-66H,7-60H2,1-6H3. The summed E-state index contributed by atoms with van der Waals surface area (Å²) in [5.41, 5.74) is 0. The van der Waals surface area contributed by atoms with Gasteiger partial charge in [-0.25, -0.2) is 14.4 Å². The number of nitrogens with zero attached hydrogens (tertiary/aromatic N) is 9. The van der Waals surface area contributed by atoms with Gasteiger partial charge in [0.05, 0.1) is 0 Å². The highest BCUT2D eigenvalue weighted by molar-refractivity contribution is 6.23. The lowest BCUT2D eigenvalue weighted by Crippen LogP contribution is -2.39. The van der Waals surface area contributed by atoms with E-state index < -0.39 is 72.3 Å². The zero-order valence-corrected chi connectivity index (χ0v) is 58.1. The molecule has 0 radical (unpaired) electrons. The fraction of sp³-hybridized carbons (Fsp3) is 0.875. The SMILES string of the molecule is CCCCCCCCCCCCOC1C(=O)N(c2nc(N3C(=O)C(OCCCCCCCCCCCC)N(CCCCCCCC)C3=O)nc(N3C(=O)C(OCCCCCCCCCCCC)N(CCCCCCCC)C3=O)n2)C(=O)N1CCCCCCCC. The summed E-state index contributed by atoms with van der Waals surface area (Å²) in [5.74, 6) is -3.83. The van der Waals surface area contributed by atoms with Crippen LogP contribution in [-0.2, 0) is 28.6 Å². The molecule has 18 nitrogen and oxygen atoms in total. The molecule has 0 saturated carbocycles. The highest BCUT2D eigenvalue weighted by Crippen LogP contribution is 2.33. The molecule has 3 unspecified atom stereocenters. The lowest BCUT2D eigenvalue weighted by molar-refractivity contribution is -0.135. The van der Waals surface area contributed by atoms with Crippen molar-refractivity contribution in [2.24, 2.45) is 0 Å². The smallest absolute Gasteiger partial charge is 0.336 e. The van der Waals surface area contributed by atoms with Crippen molar-refractivity contribution in [3.8, 4) is 0 Å². The van der Waals surface area contributed by atoms with Gasteiger partial charge in [-0.2, -0.15) is 29.7 Å². The first kappa shape index (κ1) is 78.2. The number of carbonyl (C=O) groups excluding carboxylic acids is 6. The maximum absolute atomic E-state index is 15.0. The van der Waals surface area contributed by atoms with Crippen LogP contribution in [0.4, 0.5) is 32.2 Å². The molecule has 1 aromatic heterocycles. The number of unbranched alkanes of at least 4 members (excludes halogenated alkanes) is 42. The van der Waals surface area contributed by atoms with Crippen molar-refractivity contribution >= 4 is 53.7 Å². The lowest BCUT2D eigenvalue weighted by Gasteiger charge is -2.22. The van der Waals surface area contributed by atoms with Gasteiger partial charge in [0, 0.05) is 39.5 Å². The van der Waals surface area contributed by atoms with Crippen LogP contribution in [0.25, 0.3) is 0 Å². The molecule has 0 aliphatic carbocycles. The number of ether oxygens (including phenoxy) is 3. The van der Waals surface area contributed by atoms with Gasteiger partial charge in [0.1, 0.15) is 0 Å². The van der Waals surface area contributed by atoms with Crippen LogP contribution in [0.1, 0.15) is 350 Å². The summed E-state index contributed by atoms with van der Waals surface area (Å²) in [7, 11) is 0. The minimum absolute atomic E-state index is 0.226. The number of amides is 9. The normalized spacial score (nSPS) is 17.2. The predicted molar refractivity (Wildman–Crippen MR) is 363 cm³/mol. The Morgan fingerprint density at radius 2 is 0.411 bits per heavy atom. The average molecular weight is 1260 g/mol. The first-order chi connectivity index (χ1) is 44.1. The third kappa shape index (κ3) is 28.1. The van der Waals surface area contributed by atoms with Gasteiger partial charge in [-0.1, -0.05) is 311 Å². The van der Waals surface area contributed by atoms with Crippen LogP contribution < -0.4 is 14.7 Å². The molecule has 3 aliphatic heterocycles. The molecule has 3 fully saturated rings.